The predicted molar refractivity (Wildman–Crippen MR) is 121 cm³/mol. The van der Waals surface area contributed by atoms with Crippen LogP contribution in [-0.4, -0.2) is 65.9 Å². The van der Waals surface area contributed by atoms with E-state index in [1.807, 2.05) is 13.8 Å². The summed E-state index contributed by atoms with van der Waals surface area (Å²) in [6.45, 7) is 6.88. The van der Waals surface area contributed by atoms with E-state index in [0.29, 0.717) is 47.9 Å². The summed E-state index contributed by atoms with van der Waals surface area (Å²) >= 11 is 6.05. The Morgan fingerprint density at radius 1 is 1.03 bits per heavy atom. The monoisotopic (exact) mass is 442 g/mol. The molecule has 4 rings (SSSR count). The summed E-state index contributed by atoms with van der Waals surface area (Å²) in [5.41, 5.74) is 1.19. The van der Waals surface area contributed by atoms with E-state index in [2.05, 4.69) is 14.1 Å². The number of pyridine rings is 1. The first kappa shape index (κ1) is 21.8. The number of piperazine rings is 1. The predicted octanol–water partition coefficient (Wildman–Crippen LogP) is 3.18. The minimum Gasteiger partial charge on any atom is -0.327 e. The molecule has 1 aromatic carbocycles. The molecule has 31 heavy (non-hydrogen) atoms. The molecule has 0 atom stereocenters. The van der Waals surface area contributed by atoms with E-state index in [0.717, 1.165) is 17.6 Å². The molecule has 2 aliphatic rings. The Morgan fingerprint density at radius 2 is 1.65 bits per heavy atom. The highest BCUT2D eigenvalue weighted by Gasteiger charge is 2.36. The molecule has 0 spiro atoms. The summed E-state index contributed by atoms with van der Waals surface area (Å²) in [6, 6.07) is 8.48. The van der Waals surface area contributed by atoms with Crippen molar-refractivity contribution in [3.05, 3.63) is 62.5 Å². The summed E-state index contributed by atoms with van der Waals surface area (Å²) in [5.74, 6) is -0.327. The van der Waals surface area contributed by atoms with Crippen molar-refractivity contribution in [3.63, 3.8) is 0 Å². The van der Waals surface area contributed by atoms with E-state index in [9.17, 15) is 14.4 Å². The number of carbonyl (C=O) groups excluding carboxylic acids is 2. The normalized spacial score (nSPS) is 19.8. The van der Waals surface area contributed by atoms with Crippen LogP contribution in [0, 0.1) is 5.41 Å². The number of aromatic nitrogens is 1. The number of nitrogens with zero attached hydrogens (tertiary/aromatic N) is 3. The summed E-state index contributed by atoms with van der Waals surface area (Å²) < 4.78 is 2.39. The minimum absolute atomic E-state index is 0.0283. The molecule has 1 aliphatic heterocycles. The Bertz CT molecular complexity index is 1110. The lowest BCUT2D eigenvalue weighted by Gasteiger charge is -2.39. The minimum atomic E-state index is -0.379. The highest BCUT2D eigenvalue weighted by Crippen LogP contribution is 2.35. The van der Waals surface area contributed by atoms with Gasteiger partial charge in [-0.1, -0.05) is 25.4 Å². The lowest BCUT2D eigenvalue weighted by molar-refractivity contribution is -0.894. The number of fused-ring (bicyclic) bond motifs is 1. The number of carbonyl (C=O) groups is 2. The van der Waals surface area contributed by atoms with Gasteiger partial charge in [0.05, 0.1) is 40.3 Å². The van der Waals surface area contributed by atoms with Crippen molar-refractivity contribution < 1.29 is 14.1 Å². The number of ketones is 1. The van der Waals surface area contributed by atoms with E-state index in [-0.39, 0.29) is 28.2 Å². The van der Waals surface area contributed by atoms with Gasteiger partial charge in [-0.25, -0.2) is 0 Å². The molecule has 6 nitrogen and oxygen atoms in total. The van der Waals surface area contributed by atoms with Crippen LogP contribution in [0.15, 0.2) is 35.1 Å². The second-order valence-corrected chi connectivity index (χ2v) is 10.6. The zero-order chi connectivity index (χ0) is 22.6. The molecule has 1 aromatic heterocycles. The van der Waals surface area contributed by atoms with E-state index in [1.165, 1.54) is 0 Å². The highest BCUT2D eigenvalue weighted by atomic mass is 35.5. The molecule has 1 aliphatic carbocycles. The van der Waals surface area contributed by atoms with E-state index >= 15 is 0 Å². The highest BCUT2D eigenvalue weighted by molar-refractivity contribution is 6.30. The Morgan fingerprint density at radius 3 is 2.26 bits per heavy atom. The van der Waals surface area contributed by atoms with Crippen LogP contribution in [0.1, 0.15) is 46.7 Å². The molecule has 1 saturated heterocycles. The van der Waals surface area contributed by atoms with Gasteiger partial charge in [0.25, 0.3) is 11.5 Å². The number of quaternary nitrogens is 1. The van der Waals surface area contributed by atoms with Crippen molar-refractivity contribution in [2.24, 2.45) is 5.41 Å². The summed E-state index contributed by atoms with van der Waals surface area (Å²) in [5, 5.41) is 0.559. The van der Waals surface area contributed by atoms with Gasteiger partial charge in [0.2, 0.25) is 0 Å². The lowest BCUT2D eigenvalue weighted by atomic mass is 9.75. The van der Waals surface area contributed by atoms with Gasteiger partial charge in [0.15, 0.2) is 5.78 Å². The van der Waals surface area contributed by atoms with Crippen LogP contribution in [-0.2, 0) is 6.42 Å². The average Bonchev–Trinajstić information content (AvgIpc) is 2.67. The van der Waals surface area contributed by atoms with Gasteiger partial charge < -0.3 is 9.38 Å². The fraction of sp³-hybridized carbons (Fsp3) is 0.458. The van der Waals surface area contributed by atoms with Crippen molar-refractivity contribution in [1.29, 1.82) is 0 Å². The summed E-state index contributed by atoms with van der Waals surface area (Å²) in [6.07, 6.45) is 0.970. The molecule has 7 heteroatoms. The first-order valence-corrected chi connectivity index (χ1v) is 11.0. The third-order valence-electron chi connectivity index (χ3n) is 6.44. The van der Waals surface area contributed by atoms with Crippen molar-refractivity contribution in [1.82, 2.24) is 9.47 Å². The number of amides is 1. The number of hydrogen-bond acceptors (Lipinski definition) is 3. The van der Waals surface area contributed by atoms with Crippen LogP contribution in [0.2, 0.25) is 5.02 Å². The summed E-state index contributed by atoms with van der Waals surface area (Å²) in [4.78, 5) is 41.7. The van der Waals surface area contributed by atoms with E-state index < -0.39 is 0 Å². The van der Waals surface area contributed by atoms with Crippen LogP contribution in [0.4, 0.5) is 0 Å². The van der Waals surface area contributed by atoms with Gasteiger partial charge in [0.1, 0.15) is 5.56 Å². The third kappa shape index (κ3) is 4.19. The molecule has 0 saturated carbocycles. The van der Waals surface area contributed by atoms with Crippen molar-refractivity contribution in [2.45, 2.75) is 26.7 Å². The number of likely N-dealkylation sites (N-methyl/N-ethyl adjacent to an activating group) is 1. The Hall–Kier alpha value is -2.44. The number of hydrogen-bond donors (Lipinski definition) is 0. The molecule has 0 unspecified atom stereocenters. The standard InChI is InChI=1S/C24H29ClN3O3/c1-24(2)14-20-18(21(29)15-24)13-19(22(30)26-9-11-28(3,4)12-10-26)23(31)27(20)17-7-5-16(25)6-8-17/h5-8,13H,9-12,14-15H2,1-4H3/q+1. The van der Waals surface area contributed by atoms with Gasteiger partial charge in [-0.05, 0) is 42.2 Å². The molecular formula is C24H29ClN3O3+. The lowest BCUT2D eigenvalue weighted by Crippen LogP contribution is -2.56. The zero-order valence-electron chi connectivity index (χ0n) is 18.6. The number of halogens is 1. The van der Waals surface area contributed by atoms with E-state index in [4.69, 9.17) is 11.6 Å². The van der Waals surface area contributed by atoms with Crippen LogP contribution < -0.4 is 5.56 Å². The second kappa shape index (κ2) is 7.61. The van der Waals surface area contributed by atoms with Crippen LogP contribution in [0.3, 0.4) is 0 Å². The number of Topliss-reactive ketones (excluding diaryl/α,β-unsaturated/α-hetero) is 1. The number of benzene rings is 1. The van der Waals surface area contributed by atoms with Gasteiger partial charge in [-0.2, -0.15) is 0 Å². The fourth-order valence-corrected chi connectivity index (χ4v) is 4.64. The van der Waals surface area contributed by atoms with Gasteiger partial charge in [-0.3, -0.25) is 19.0 Å². The van der Waals surface area contributed by atoms with Gasteiger partial charge >= 0.3 is 0 Å². The molecule has 1 fully saturated rings. The van der Waals surface area contributed by atoms with Crippen LogP contribution >= 0.6 is 11.6 Å². The average molecular weight is 443 g/mol. The van der Waals surface area contributed by atoms with Crippen LogP contribution in [0.25, 0.3) is 5.69 Å². The molecule has 164 valence electrons. The SMILES string of the molecule is CC1(C)CC(=O)c2cc(C(=O)N3CC[N+](C)(C)CC3)c(=O)n(-c3ccc(Cl)cc3)c2C1. The first-order valence-electron chi connectivity index (χ1n) is 10.7. The van der Waals surface area contributed by atoms with Crippen molar-refractivity contribution in [3.8, 4) is 5.69 Å². The first-order chi connectivity index (χ1) is 14.5. The maximum absolute atomic E-state index is 13.6. The number of rotatable bonds is 2. The molecule has 0 N–H and O–H groups in total. The van der Waals surface area contributed by atoms with Crippen molar-refractivity contribution in [2.75, 3.05) is 40.3 Å². The quantitative estimate of drug-likeness (QED) is 0.671. The molecular weight excluding hydrogens is 414 g/mol. The molecule has 1 amide bonds. The molecule has 0 bridgehead atoms. The molecule has 2 heterocycles. The second-order valence-electron chi connectivity index (χ2n) is 10.2. The maximum atomic E-state index is 13.6. The van der Waals surface area contributed by atoms with E-state index in [1.54, 1.807) is 39.8 Å². The maximum Gasteiger partial charge on any atom is 0.268 e. The molecule has 0 radical (unpaired) electrons. The smallest absolute Gasteiger partial charge is 0.268 e. The zero-order valence-corrected chi connectivity index (χ0v) is 19.3. The summed E-state index contributed by atoms with van der Waals surface area (Å²) in [7, 11) is 4.27. The Kier molecular flexibility index (Phi) is 5.34. The van der Waals surface area contributed by atoms with Crippen molar-refractivity contribution >= 4 is 23.3 Å². The fourth-order valence-electron chi connectivity index (χ4n) is 4.51. The third-order valence-corrected chi connectivity index (χ3v) is 6.69. The Labute approximate surface area is 187 Å². The van der Waals surface area contributed by atoms with Gasteiger partial charge in [0, 0.05) is 28.4 Å². The topological polar surface area (TPSA) is 59.4 Å². The molecule has 2 aromatic rings. The van der Waals surface area contributed by atoms with Gasteiger partial charge in [-0.15, -0.1) is 0 Å². The Balaban J connectivity index is 1.87. The van der Waals surface area contributed by atoms with Crippen LogP contribution in [0.5, 0.6) is 0 Å². The largest absolute Gasteiger partial charge is 0.327 e.